The predicted octanol–water partition coefficient (Wildman–Crippen LogP) is 4.13. The summed E-state index contributed by atoms with van der Waals surface area (Å²) >= 11 is 0. The summed E-state index contributed by atoms with van der Waals surface area (Å²) in [7, 11) is -4.85. The molecule has 0 unspecified atom stereocenters. The fraction of sp³-hybridized carbons (Fsp3) is 0.656. The van der Waals surface area contributed by atoms with Gasteiger partial charge < -0.3 is 30.2 Å². The normalized spacial score (nSPS) is 21.6. The van der Waals surface area contributed by atoms with Gasteiger partial charge in [-0.2, -0.15) is 10.4 Å². The highest BCUT2D eigenvalue weighted by molar-refractivity contribution is 7.48. The minimum atomic E-state index is -4.85. The van der Waals surface area contributed by atoms with Crippen LogP contribution >= 0.6 is 7.82 Å². The molecule has 1 aliphatic heterocycles. The highest BCUT2D eigenvalue weighted by Crippen LogP contribution is 2.61. The first-order valence-electron chi connectivity index (χ1n) is 15.8. The third kappa shape index (κ3) is 8.34. The van der Waals surface area contributed by atoms with Crippen molar-refractivity contribution in [2.75, 3.05) is 25.9 Å². The van der Waals surface area contributed by atoms with Crippen molar-refractivity contribution in [1.82, 2.24) is 14.6 Å². The SMILES string of the molecule is CC(C)(C)C(=O)OCOP(=O)(OCOC(=O)C(C)(C)C)OC[C@@H]1O[C@@](C#N)(c2ccc3c(N)ncnn23)[C@@H](C(C)(C)C(=O)O)[C@@H]1C(C)(C)C(=O)O. The van der Waals surface area contributed by atoms with Crippen LogP contribution in [0, 0.1) is 44.8 Å². The third-order valence-electron chi connectivity index (χ3n) is 8.70. The van der Waals surface area contributed by atoms with E-state index in [0.29, 0.717) is 0 Å². The number of nitrogens with two attached hydrogens (primary N) is 1. The molecule has 0 bridgehead atoms. The van der Waals surface area contributed by atoms with Crippen LogP contribution in [0.4, 0.5) is 5.82 Å². The fourth-order valence-electron chi connectivity index (χ4n) is 5.71. The molecule has 2 aromatic rings. The number of nitrogens with zero attached hydrogens (tertiary/aromatic N) is 4. The van der Waals surface area contributed by atoms with Gasteiger partial charge in [-0.1, -0.05) is 0 Å². The highest BCUT2D eigenvalue weighted by atomic mass is 31.2. The van der Waals surface area contributed by atoms with Gasteiger partial charge in [-0.25, -0.2) is 23.1 Å². The Hall–Kier alpha value is -4.14. The van der Waals surface area contributed by atoms with E-state index in [1.165, 1.54) is 44.3 Å². The average Bonchev–Trinajstić information content (AvgIpc) is 3.60. The molecule has 51 heavy (non-hydrogen) atoms. The summed E-state index contributed by atoms with van der Waals surface area (Å²) in [5.41, 5.74) is -1.52. The van der Waals surface area contributed by atoms with Gasteiger partial charge in [-0.3, -0.25) is 23.7 Å². The van der Waals surface area contributed by atoms with Crippen molar-refractivity contribution < 1.29 is 61.7 Å². The molecule has 19 heteroatoms. The van der Waals surface area contributed by atoms with Crippen LogP contribution in [0.5, 0.6) is 0 Å². The molecule has 18 nitrogen and oxygen atoms in total. The van der Waals surface area contributed by atoms with Gasteiger partial charge in [0.1, 0.15) is 17.9 Å². The molecule has 4 atom stereocenters. The number of carbonyl (C=O) groups is 4. The predicted molar refractivity (Wildman–Crippen MR) is 176 cm³/mol. The molecule has 3 heterocycles. The zero-order valence-corrected chi connectivity index (χ0v) is 31.2. The number of rotatable bonds is 14. The number of carbonyl (C=O) groups excluding carboxylic acids is 2. The summed E-state index contributed by atoms with van der Waals surface area (Å²) in [4.78, 5) is 54.4. The number of hydrogen-bond donors (Lipinski definition) is 3. The van der Waals surface area contributed by atoms with E-state index >= 15 is 0 Å². The monoisotopic (exact) mass is 739 g/mol. The molecule has 3 rings (SSSR count). The largest absolute Gasteiger partial charge is 0.481 e. The van der Waals surface area contributed by atoms with Crippen LogP contribution in [0.2, 0.25) is 0 Å². The number of esters is 2. The second-order valence-corrected chi connectivity index (χ2v) is 17.0. The number of nitrogen functional groups attached to an aromatic ring is 1. The molecule has 0 saturated carbocycles. The Balaban J connectivity index is 2.14. The first-order chi connectivity index (χ1) is 23.3. The number of aliphatic carboxylic acids is 2. The summed E-state index contributed by atoms with van der Waals surface area (Å²) < 4.78 is 47.9. The Labute approximate surface area is 295 Å². The van der Waals surface area contributed by atoms with E-state index in [4.69, 9.17) is 33.5 Å². The molecule has 282 valence electrons. The maximum atomic E-state index is 14.0. The molecule has 0 amide bonds. The molecule has 0 spiro atoms. The van der Waals surface area contributed by atoms with E-state index in [9.17, 15) is 39.2 Å². The summed E-state index contributed by atoms with van der Waals surface area (Å²) in [6.45, 7) is 12.1. The number of carboxylic acids is 2. The van der Waals surface area contributed by atoms with Crippen LogP contribution in [0.3, 0.4) is 0 Å². The Morgan fingerprint density at radius 2 is 1.43 bits per heavy atom. The Morgan fingerprint density at radius 3 is 1.88 bits per heavy atom. The van der Waals surface area contributed by atoms with Crippen molar-refractivity contribution in [3.8, 4) is 6.07 Å². The van der Waals surface area contributed by atoms with Crippen LogP contribution in [0.25, 0.3) is 5.52 Å². The number of anilines is 1. The number of nitriles is 1. The molecule has 0 aliphatic carbocycles. The summed E-state index contributed by atoms with van der Waals surface area (Å²) in [6, 6.07) is 5.02. The number of phosphoric acid groups is 1. The molecule has 1 saturated heterocycles. The number of phosphoric ester groups is 1. The molecule has 1 aliphatic rings. The zero-order chi connectivity index (χ0) is 39.0. The van der Waals surface area contributed by atoms with Gasteiger partial charge in [0.2, 0.25) is 19.2 Å². The smallest absolute Gasteiger partial charge is 0.480 e. The summed E-state index contributed by atoms with van der Waals surface area (Å²) in [6.07, 6.45) is -0.370. The van der Waals surface area contributed by atoms with E-state index in [1.54, 1.807) is 41.5 Å². The maximum absolute atomic E-state index is 14.0. The first kappa shape index (κ1) is 41.3. The fourth-order valence-corrected chi connectivity index (χ4v) is 6.63. The minimum absolute atomic E-state index is 0.0148. The average molecular weight is 740 g/mol. The van der Waals surface area contributed by atoms with Gasteiger partial charge in [-0.15, -0.1) is 0 Å². The summed E-state index contributed by atoms with van der Waals surface area (Å²) in [5.74, 6) is -6.95. The lowest BCUT2D eigenvalue weighted by Crippen LogP contribution is -2.51. The van der Waals surface area contributed by atoms with Crippen molar-refractivity contribution >= 4 is 43.0 Å². The minimum Gasteiger partial charge on any atom is -0.481 e. The quantitative estimate of drug-likeness (QED) is 0.140. The van der Waals surface area contributed by atoms with Crippen molar-refractivity contribution in [2.45, 2.75) is 80.9 Å². The Bertz CT molecular complexity index is 1720. The van der Waals surface area contributed by atoms with Crippen LogP contribution in [-0.2, 0) is 57.1 Å². The zero-order valence-electron chi connectivity index (χ0n) is 30.3. The van der Waals surface area contributed by atoms with E-state index < -0.39 is 97.1 Å². The number of ether oxygens (including phenoxy) is 3. The lowest BCUT2D eigenvalue weighted by Gasteiger charge is -2.42. The van der Waals surface area contributed by atoms with Gasteiger partial charge in [0.05, 0.1) is 40.1 Å². The second-order valence-electron chi connectivity index (χ2n) is 15.3. The van der Waals surface area contributed by atoms with Crippen molar-refractivity contribution in [2.24, 2.45) is 33.5 Å². The van der Waals surface area contributed by atoms with Gasteiger partial charge in [-0.05, 0) is 81.4 Å². The van der Waals surface area contributed by atoms with E-state index in [0.717, 1.165) is 6.33 Å². The van der Waals surface area contributed by atoms with Crippen molar-refractivity contribution in [3.63, 3.8) is 0 Å². The highest BCUT2D eigenvalue weighted by Gasteiger charge is 2.68. The van der Waals surface area contributed by atoms with E-state index in [2.05, 4.69) is 16.2 Å². The van der Waals surface area contributed by atoms with Crippen LogP contribution in [-0.4, -0.2) is 75.0 Å². The number of aromatic nitrogens is 3. The molecule has 0 radical (unpaired) electrons. The first-order valence-corrected chi connectivity index (χ1v) is 17.2. The van der Waals surface area contributed by atoms with Gasteiger partial charge >= 0.3 is 31.7 Å². The van der Waals surface area contributed by atoms with Crippen molar-refractivity contribution in [3.05, 3.63) is 24.2 Å². The molecule has 0 aromatic carbocycles. The van der Waals surface area contributed by atoms with Crippen molar-refractivity contribution in [1.29, 1.82) is 5.26 Å². The lowest BCUT2D eigenvalue weighted by molar-refractivity contribution is -0.164. The van der Waals surface area contributed by atoms with E-state index in [1.807, 2.05) is 0 Å². The standard InChI is InChI=1S/C32H46N5O13P/c1-28(2,3)26(42)45-16-48-51(44,49-17-46-27(43)29(4,5)6)47-13-19-21(30(7,8)24(38)39)22(31(9,10)25(40)41)32(14-33,50-19)20-12-11-18-23(34)35-15-36-37(18)20/h11-12,15,19,21-22H,13,16-17H2,1-10H3,(H,38,39)(H,40,41)(H2,34,35,36)/t19-,21+,22+,32-/m0/s1. The van der Waals surface area contributed by atoms with Gasteiger partial charge in [0, 0.05) is 11.8 Å². The Morgan fingerprint density at radius 1 is 0.922 bits per heavy atom. The molecular formula is C32H46N5O13P. The topological polar surface area (TPSA) is 261 Å². The third-order valence-corrected chi connectivity index (χ3v) is 10.0. The molecule has 1 fully saturated rings. The van der Waals surface area contributed by atoms with Gasteiger partial charge in [0.15, 0.2) is 5.82 Å². The van der Waals surface area contributed by atoms with E-state index in [-0.39, 0.29) is 17.0 Å². The summed E-state index contributed by atoms with van der Waals surface area (Å²) in [5, 5.41) is 36.1. The number of fused-ring (bicyclic) bond motifs is 1. The molecule has 2 aromatic heterocycles. The maximum Gasteiger partial charge on any atom is 0.480 e. The Kier molecular flexibility index (Phi) is 11.7. The number of carboxylic acid groups (broad SMARTS) is 2. The molecule has 4 N–H and O–H groups in total. The van der Waals surface area contributed by atoms with Gasteiger partial charge in [0.25, 0.3) is 0 Å². The molecular weight excluding hydrogens is 693 g/mol. The second kappa shape index (κ2) is 14.5. The van der Waals surface area contributed by atoms with Crippen LogP contribution in [0.1, 0.15) is 74.9 Å². The van der Waals surface area contributed by atoms with Crippen LogP contribution < -0.4 is 5.73 Å². The van der Waals surface area contributed by atoms with Crippen LogP contribution in [0.15, 0.2) is 18.5 Å². The lowest BCUT2D eigenvalue weighted by atomic mass is 9.57. The number of hydrogen-bond acceptors (Lipinski definition) is 15.